The summed E-state index contributed by atoms with van der Waals surface area (Å²) in [6, 6.07) is 2.28. The second-order valence-electron chi connectivity index (χ2n) is 5.62. The summed E-state index contributed by atoms with van der Waals surface area (Å²) in [5.41, 5.74) is 0. The molecule has 2 rings (SSSR count). The fourth-order valence-corrected chi connectivity index (χ4v) is 3.23. The molecule has 2 saturated heterocycles. The molecule has 2 aliphatic rings. The van der Waals surface area contributed by atoms with Gasteiger partial charge in [0.15, 0.2) is 0 Å². The molecule has 0 N–H and O–H groups in total. The lowest BCUT2D eigenvalue weighted by Gasteiger charge is -2.34. The topological polar surface area (TPSA) is 30.3 Å². The van der Waals surface area contributed by atoms with Crippen molar-refractivity contribution in [2.75, 3.05) is 39.3 Å². The molecule has 3 heteroatoms. The van der Waals surface area contributed by atoms with Crippen molar-refractivity contribution in [3.8, 4) is 6.07 Å². The number of nitrogens with zero attached hydrogens (tertiary/aromatic N) is 3. The van der Waals surface area contributed by atoms with Gasteiger partial charge in [-0.1, -0.05) is 12.8 Å². The Morgan fingerprint density at radius 1 is 0.941 bits per heavy atom. The molecule has 0 aromatic heterocycles. The van der Waals surface area contributed by atoms with Gasteiger partial charge in [-0.15, -0.1) is 0 Å². The van der Waals surface area contributed by atoms with Crippen molar-refractivity contribution in [3.05, 3.63) is 0 Å². The van der Waals surface area contributed by atoms with E-state index in [4.69, 9.17) is 5.26 Å². The molecular weight excluding hydrogens is 210 g/mol. The van der Waals surface area contributed by atoms with Crippen LogP contribution in [0.5, 0.6) is 0 Å². The van der Waals surface area contributed by atoms with Crippen LogP contribution in [0.2, 0.25) is 0 Å². The minimum Gasteiger partial charge on any atom is -0.303 e. The van der Waals surface area contributed by atoms with E-state index in [0.29, 0.717) is 6.54 Å². The van der Waals surface area contributed by atoms with E-state index in [1.165, 1.54) is 58.2 Å². The highest BCUT2D eigenvalue weighted by molar-refractivity contribution is 4.82. The van der Waals surface area contributed by atoms with Crippen LogP contribution in [0.1, 0.15) is 38.5 Å². The SMILES string of the molecule is N#CCN1CCC[C@H](CN2CCCCCC2)C1. The van der Waals surface area contributed by atoms with Gasteiger partial charge in [-0.2, -0.15) is 5.26 Å². The fourth-order valence-electron chi connectivity index (χ4n) is 3.23. The quantitative estimate of drug-likeness (QED) is 0.702. The van der Waals surface area contributed by atoms with Gasteiger partial charge in [0.2, 0.25) is 0 Å². The van der Waals surface area contributed by atoms with Crippen LogP contribution in [-0.2, 0) is 0 Å². The molecule has 17 heavy (non-hydrogen) atoms. The van der Waals surface area contributed by atoms with Crippen molar-refractivity contribution >= 4 is 0 Å². The molecule has 3 nitrogen and oxygen atoms in total. The Balaban J connectivity index is 1.75. The molecule has 0 amide bonds. The van der Waals surface area contributed by atoms with Crippen molar-refractivity contribution in [1.82, 2.24) is 9.80 Å². The van der Waals surface area contributed by atoms with Crippen molar-refractivity contribution in [2.24, 2.45) is 5.92 Å². The number of nitriles is 1. The van der Waals surface area contributed by atoms with Crippen LogP contribution < -0.4 is 0 Å². The molecular formula is C14H25N3. The fraction of sp³-hybridized carbons (Fsp3) is 0.929. The van der Waals surface area contributed by atoms with Crippen LogP contribution >= 0.6 is 0 Å². The number of likely N-dealkylation sites (tertiary alicyclic amines) is 2. The van der Waals surface area contributed by atoms with Crippen LogP contribution in [0.25, 0.3) is 0 Å². The molecule has 0 saturated carbocycles. The minimum atomic E-state index is 0.622. The van der Waals surface area contributed by atoms with Crippen molar-refractivity contribution < 1.29 is 0 Å². The third kappa shape index (κ3) is 4.29. The van der Waals surface area contributed by atoms with Crippen LogP contribution in [0.3, 0.4) is 0 Å². The largest absolute Gasteiger partial charge is 0.303 e. The summed E-state index contributed by atoms with van der Waals surface area (Å²) in [5, 5.41) is 8.76. The molecule has 0 aliphatic carbocycles. The lowest BCUT2D eigenvalue weighted by atomic mass is 9.97. The van der Waals surface area contributed by atoms with E-state index >= 15 is 0 Å². The van der Waals surface area contributed by atoms with Crippen LogP contribution in [0.4, 0.5) is 0 Å². The zero-order valence-corrected chi connectivity index (χ0v) is 10.9. The summed E-state index contributed by atoms with van der Waals surface area (Å²) in [6.07, 6.45) is 8.24. The van der Waals surface area contributed by atoms with E-state index in [1.54, 1.807) is 0 Å². The van der Waals surface area contributed by atoms with Gasteiger partial charge in [0.05, 0.1) is 12.6 Å². The molecule has 2 fully saturated rings. The highest BCUT2D eigenvalue weighted by Crippen LogP contribution is 2.19. The first-order valence-corrected chi connectivity index (χ1v) is 7.20. The second-order valence-corrected chi connectivity index (χ2v) is 5.62. The predicted molar refractivity (Wildman–Crippen MR) is 69.7 cm³/mol. The second kappa shape index (κ2) is 6.98. The van der Waals surface area contributed by atoms with Crippen molar-refractivity contribution in [1.29, 1.82) is 5.26 Å². The van der Waals surface area contributed by atoms with Gasteiger partial charge in [-0.05, 0) is 51.2 Å². The normalized spacial score (nSPS) is 28.5. The van der Waals surface area contributed by atoms with Crippen molar-refractivity contribution in [3.63, 3.8) is 0 Å². The van der Waals surface area contributed by atoms with E-state index in [0.717, 1.165) is 19.0 Å². The summed E-state index contributed by atoms with van der Waals surface area (Å²) in [5.74, 6) is 0.801. The van der Waals surface area contributed by atoms with Gasteiger partial charge in [-0.25, -0.2) is 0 Å². The Bertz CT molecular complexity index is 251. The van der Waals surface area contributed by atoms with Gasteiger partial charge in [0.1, 0.15) is 0 Å². The first-order valence-electron chi connectivity index (χ1n) is 7.20. The van der Waals surface area contributed by atoms with Crippen LogP contribution in [-0.4, -0.2) is 49.1 Å². The molecule has 0 aromatic rings. The summed E-state index contributed by atoms with van der Waals surface area (Å²) < 4.78 is 0. The minimum absolute atomic E-state index is 0.622. The Labute approximate surface area is 105 Å². The highest BCUT2D eigenvalue weighted by Gasteiger charge is 2.22. The average molecular weight is 235 g/mol. The van der Waals surface area contributed by atoms with Gasteiger partial charge in [-0.3, -0.25) is 4.90 Å². The first kappa shape index (κ1) is 12.9. The monoisotopic (exact) mass is 235 g/mol. The maximum absolute atomic E-state index is 8.76. The lowest BCUT2D eigenvalue weighted by Crippen LogP contribution is -2.41. The molecule has 0 unspecified atom stereocenters. The number of piperidine rings is 1. The maximum atomic E-state index is 8.76. The smallest absolute Gasteiger partial charge is 0.0866 e. The van der Waals surface area contributed by atoms with Crippen molar-refractivity contribution in [2.45, 2.75) is 38.5 Å². The summed E-state index contributed by atoms with van der Waals surface area (Å²) in [7, 11) is 0. The zero-order chi connectivity index (χ0) is 11.9. The van der Waals surface area contributed by atoms with E-state index in [-0.39, 0.29) is 0 Å². The number of hydrogen-bond acceptors (Lipinski definition) is 3. The van der Waals surface area contributed by atoms with E-state index in [9.17, 15) is 0 Å². The summed E-state index contributed by atoms with van der Waals surface area (Å²) in [4.78, 5) is 4.99. The van der Waals surface area contributed by atoms with Gasteiger partial charge >= 0.3 is 0 Å². The molecule has 96 valence electrons. The molecule has 2 aliphatic heterocycles. The number of hydrogen-bond donors (Lipinski definition) is 0. The summed E-state index contributed by atoms with van der Waals surface area (Å²) in [6.45, 7) is 6.76. The molecule has 0 radical (unpaired) electrons. The van der Waals surface area contributed by atoms with E-state index in [1.807, 2.05) is 0 Å². The maximum Gasteiger partial charge on any atom is 0.0866 e. The third-order valence-electron chi connectivity index (χ3n) is 4.11. The van der Waals surface area contributed by atoms with Gasteiger partial charge in [0.25, 0.3) is 0 Å². The Morgan fingerprint density at radius 3 is 2.35 bits per heavy atom. The highest BCUT2D eigenvalue weighted by atomic mass is 15.2. The molecule has 2 heterocycles. The van der Waals surface area contributed by atoms with Crippen LogP contribution in [0.15, 0.2) is 0 Å². The molecule has 0 spiro atoms. The lowest BCUT2D eigenvalue weighted by molar-refractivity contribution is 0.145. The number of rotatable bonds is 3. The van der Waals surface area contributed by atoms with E-state index < -0.39 is 0 Å². The predicted octanol–water partition coefficient (Wildman–Crippen LogP) is 2.10. The third-order valence-corrected chi connectivity index (χ3v) is 4.11. The zero-order valence-electron chi connectivity index (χ0n) is 10.9. The van der Waals surface area contributed by atoms with Crippen LogP contribution in [0, 0.1) is 17.2 Å². The molecule has 0 aromatic carbocycles. The van der Waals surface area contributed by atoms with Gasteiger partial charge < -0.3 is 4.90 Å². The standard InChI is InChI=1S/C14H25N3/c15-7-11-17-10-5-6-14(13-17)12-16-8-3-1-2-4-9-16/h14H,1-6,8-13H2/t14-/m1/s1. The molecule has 1 atom stereocenters. The summed E-state index contributed by atoms with van der Waals surface area (Å²) >= 11 is 0. The Kier molecular flexibility index (Phi) is 5.28. The van der Waals surface area contributed by atoms with E-state index in [2.05, 4.69) is 15.9 Å². The Morgan fingerprint density at radius 2 is 1.65 bits per heavy atom. The Hall–Kier alpha value is -0.590. The molecule has 0 bridgehead atoms. The van der Waals surface area contributed by atoms with Gasteiger partial charge in [0, 0.05) is 13.1 Å². The average Bonchev–Trinajstić information content (AvgIpc) is 2.59. The first-order chi connectivity index (χ1) is 8.38.